The second kappa shape index (κ2) is 17.1. The molecule has 3 nitrogen and oxygen atoms in total. The highest BCUT2D eigenvalue weighted by molar-refractivity contribution is 7.20. The van der Waals surface area contributed by atoms with Gasteiger partial charge in [0.05, 0.1) is 22.1 Å². The van der Waals surface area contributed by atoms with Gasteiger partial charge in [-0.2, -0.15) is 0 Å². The Labute approximate surface area is 437 Å². The van der Waals surface area contributed by atoms with Crippen LogP contribution in [0, 0.1) is 0 Å². The quantitative estimate of drug-likeness (QED) is 0.148. The van der Waals surface area contributed by atoms with Crippen LogP contribution < -0.4 is 30.4 Å². The normalized spacial score (nSPS) is 13.7. The Kier molecular flexibility index (Phi) is 9.81. The van der Waals surface area contributed by atoms with Gasteiger partial charge in [0.25, 0.3) is 0 Å². The zero-order valence-electron chi connectivity index (χ0n) is 41.0. The molecule has 1 aromatic heterocycles. The van der Waals surface area contributed by atoms with E-state index >= 15 is 0 Å². The molecule has 0 radical (unpaired) electrons. The second-order valence-electron chi connectivity index (χ2n) is 19.9. The first-order valence-electron chi connectivity index (χ1n) is 25.9. The molecule has 0 atom stereocenters. The van der Waals surface area contributed by atoms with E-state index in [-0.39, 0.29) is 0 Å². The van der Waals surface area contributed by atoms with Crippen molar-refractivity contribution in [3.8, 4) is 28.3 Å². The molecule has 75 heavy (non-hydrogen) atoms. The van der Waals surface area contributed by atoms with Crippen LogP contribution in [0.25, 0.3) is 49.4 Å². The minimum absolute atomic E-state index is 0.737. The molecule has 0 bridgehead atoms. The van der Waals surface area contributed by atoms with E-state index in [4.69, 9.17) is 4.74 Å². The van der Waals surface area contributed by atoms with Crippen molar-refractivity contribution in [1.29, 1.82) is 0 Å². The van der Waals surface area contributed by atoms with Crippen molar-refractivity contribution in [2.24, 2.45) is 0 Å². The Bertz CT molecular complexity index is 4240. The second-order valence-corrected chi connectivity index (χ2v) is 23.6. The Morgan fingerprint density at radius 1 is 0.373 bits per heavy atom. The maximum absolute atomic E-state index is 7.12. The summed E-state index contributed by atoms with van der Waals surface area (Å²) in [4.78, 5) is 2.45. The summed E-state index contributed by atoms with van der Waals surface area (Å²) in [5, 5.41) is 10.3. The van der Waals surface area contributed by atoms with Crippen molar-refractivity contribution in [2.75, 3.05) is 4.90 Å². The van der Waals surface area contributed by atoms with Gasteiger partial charge < -0.3 is 14.2 Å². The third kappa shape index (κ3) is 6.27. The van der Waals surface area contributed by atoms with Crippen molar-refractivity contribution >= 4 is 78.5 Å². The first-order chi connectivity index (χ1) is 37.2. The lowest BCUT2D eigenvalue weighted by atomic mass is 9.63. The number of hydrogen-bond donors (Lipinski definition) is 0. The van der Waals surface area contributed by atoms with E-state index in [1.807, 2.05) is 0 Å². The Morgan fingerprint density at radius 3 is 1.63 bits per heavy atom. The highest BCUT2D eigenvalue weighted by atomic mass is 28.3. The SMILES string of the molecule is c1ccc(-n2c3ccccc3c3c(-c4ccc(N(c5ccc6c(c5)C5(c7ccccc7O6)c6ccccc6[Si](c6ccccc6)(c6ccccc6)c6ccccc65)c5cccc6ccccc56)cc4)cccc32)cc1. The minimum Gasteiger partial charge on any atom is -0.457 e. The third-order valence-electron chi connectivity index (χ3n) is 16.2. The molecule has 4 heteroatoms. The van der Waals surface area contributed by atoms with Gasteiger partial charge in [-0.1, -0.05) is 224 Å². The first-order valence-corrected chi connectivity index (χ1v) is 27.9. The lowest BCUT2D eigenvalue weighted by Crippen LogP contribution is -2.79. The maximum atomic E-state index is 7.12. The third-order valence-corrected chi connectivity index (χ3v) is 21.1. The molecular weight excluding hydrogens is 925 g/mol. The number of nitrogens with zero attached hydrogens (tertiary/aromatic N) is 2. The molecule has 12 aromatic carbocycles. The first kappa shape index (κ1) is 43.1. The van der Waals surface area contributed by atoms with Crippen molar-refractivity contribution in [3.05, 3.63) is 313 Å². The van der Waals surface area contributed by atoms with E-state index in [0.29, 0.717) is 0 Å². The van der Waals surface area contributed by atoms with Crippen molar-refractivity contribution in [1.82, 2.24) is 4.57 Å². The number of anilines is 3. The smallest absolute Gasteiger partial charge is 0.180 e. The van der Waals surface area contributed by atoms with Gasteiger partial charge in [-0.05, 0) is 115 Å². The molecule has 2 aliphatic rings. The fourth-order valence-electron chi connectivity index (χ4n) is 13.2. The van der Waals surface area contributed by atoms with Crippen LogP contribution in [0.1, 0.15) is 22.3 Å². The van der Waals surface area contributed by atoms with Crippen LogP contribution in [0.3, 0.4) is 0 Å². The van der Waals surface area contributed by atoms with Crippen LogP contribution in [0.15, 0.2) is 291 Å². The molecule has 2 aliphatic heterocycles. The van der Waals surface area contributed by atoms with E-state index in [9.17, 15) is 0 Å². The number of hydrogen-bond acceptors (Lipinski definition) is 2. The zero-order valence-corrected chi connectivity index (χ0v) is 42.0. The zero-order chi connectivity index (χ0) is 49.5. The molecule has 1 spiro atoms. The summed E-state index contributed by atoms with van der Waals surface area (Å²) in [7, 11) is -2.93. The van der Waals surface area contributed by atoms with Gasteiger partial charge >= 0.3 is 0 Å². The minimum atomic E-state index is -2.93. The fraction of sp³-hybridized carbons (Fsp3) is 0.0141. The lowest BCUT2D eigenvalue weighted by Gasteiger charge is -2.51. The van der Waals surface area contributed by atoms with Crippen LogP contribution in [0.5, 0.6) is 11.5 Å². The van der Waals surface area contributed by atoms with Crippen LogP contribution in [0.4, 0.5) is 17.1 Å². The molecular formula is C71H48N2OSi. The summed E-state index contributed by atoms with van der Waals surface area (Å²) >= 11 is 0. The number of rotatable bonds is 7. The van der Waals surface area contributed by atoms with Gasteiger partial charge in [-0.25, -0.2) is 0 Å². The monoisotopic (exact) mass is 972 g/mol. The summed E-state index contributed by atoms with van der Waals surface area (Å²) in [6, 6.07) is 108. The van der Waals surface area contributed by atoms with E-state index in [2.05, 4.69) is 301 Å². The topological polar surface area (TPSA) is 17.4 Å². The number of para-hydroxylation sites is 3. The molecule has 3 heterocycles. The average molecular weight is 973 g/mol. The Morgan fingerprint density at radius 2 is 0.907 bits per heavy atom. The van der Waals surface area contributed by atoms with Gasteiger partial charge in [-0.3, -0.25) is 0 Å². The lowest BCUT2D eigenvalue weighted by molar-refractivity contribution is 0.435. The van der Waals surface area contributed by atoms with E-state index in [1.165, 1.54) is 70.0 Å². The standard InChI is InChI=1S/C71H48N2OSi/c1-4-24-51(25-5-1)73-64-36-16-12-31-58(64)70-57(32-21-38-65(70)73)50-42-44-52(45-43-50)72(63-37-20-23-49-22-10-11-30-56(49)63)53-46-47-67-62(48-53)71(59-33-13-17-39-66(59)74-67)60-34-14-18-40-68(60)75(54-26-6-2-7-27-54,55-28-8-3-9-29-55)69-41-19-15-35-61(69)71/h1-48H. The number of fused-ring (bicyclic) bond motifs is 12. The molecule has 0 fully saturated rings. The van der Waals surface area contributed by atoms with Crippen molar-refractivity contribution in [2.45, 2.75) is 5.41 Å². The summed E-state index contributed by atoms with van der Waals surface area (Å²) in [5.41, 5.74) is 13.2. The van der Waals surface area contributed by atoms with Gasteiger partial charge in [0.1, 0.15) is 11.5 Å². The van der Waals surface area contributed by atoms with Gasteiger partial charge in [0.2, 0.25) is 0 Å². The molecule has 0 N–H and O–H groups in total. The Balaban J connectivity index is 0.971. The van der Waals surface area contributed by atoms with E-state index in [1.54, 1.807) is 0 Å². The highest BCUT2D eigenvalue weighted by Crippen LogP contribution is 2.57. The molecule has 0 amide bonds. The average Bonchev–Trinajstić information content (AvgIpc) is 4.03. The van der Waals surface area contributed by atoms with Crippen LogP contribution in [-0.4, -0.2) is 12.6 Å². The largest absolute Gasteiger partial charge is 0.457 e. The summed E-state index contributed by atoms with van der Waals surface area (Å²) in [6.45, 7) is 0. The van der Waals surface area contributed by atoms with Crippen LogP contribution >= 0.6 is 0 Å². The maximum Gasteiger partial charge on any atom is 0.180 e. The van der Waals surface area contributed by atoms with Crippen LogP contribution in [0.2, 0.25) is 0 Å². The predicted molar refractivity (Wildman–Crippen MR) is 314 cm³/mol. The van der Waals surface area contributed by atoms with Gasteiger partial charge in [0.15, 0.2) is 8.07 Å². The van der Waals surface area contributed by atoms with Gasteiger partial charge in [-0.15, -0.1) is 0 Å². The molecule has 0 unspecified atom stereocenters. The summed E-state index contributed by atoms with van der Waals surface area (Å²) < 4.78 is 9.52. The van der Waals surface area contributed by atoms with Crippen molar-refractivity contribution < 1.29 is 4.74 Å². The molecule has 15 rings (SSSR count). The molecule has 0 saturated carbocycles. The number of aromatic nitrogens is 1. The predicted octanol–water partition coefficient (Wildman–Crippen LogP) is 15.3. The van der Waals surface area contributed by atoms with Crippen LogP contribution in [-0.2, 0) is 5.41 Å². The highest BCUT2D eigenvalue weighted by Gasteiger charge is 2.57. The van der Waals surface area contributed by atoms with E-state index < -0.39 is 13.5 Å². The summed E-state index contributed by atoms with van der Waals surface area (Å²) in [5.74, 6) is 1.73. The molecule has 0 aliphatic carbocycles. The fourth-order valence-corrected chi connectivity index (χ4v) is 18.5. The molecule has 13 aromatic rings. The number of ether oxygens (including phenoxy) is 1. The van der Waals surface area contributed by atoms with Crippen molar-refractivity contribution in [3.63, 3.8) is 0 Å². The Hall–Kier alpha value is -9.48. The van der Waals surface area contributed by atoms with Gasteiger partial charge in [0, 0.05) is 44.3 Å². The van der Waals surface area contributed by atoms with E-state index in [0.717, 1.165) is 50.9 Å². The number of benzene rings is 12. The molecule has 352 valence electrons. The molecule has 0 saturated heterocycles. The summed E-state index contributed by atoms with van der Waals surface area (Å²) in [6.07, 6.45) is 0.